The summed E-state index contributed by atoms with van der Waals surface area (Å²) in [5.74, 6) is 0.488. The third-order valence-electron chi connectivity index (χ3n) is 1.60. The van der Waals surface area contributed by atoms with Crippen LogP contribution < -0.4 is 0 Å². The zero-order chi connectivity index (χ0) is 9.14. The van der Waals surface area contributed by atoms with Gasteiger partial charge in [-0.2, -0.15) is 0 Å². The lowest BCUT2D eigenvalue weighted by Gasteiger charge is -2.00. The van der Waals surface area contributed by atoms with Crippen LogP contribution >= 0.6 is 0 Å². The molecule has 0 fully saturated rings. The molecule has 1 rings (SSSR count). The molecular formula is C9H13NO2. The maximum absolute atomic E-state index is 11.0. The van der Waals surface area contributed by atoms with Crippen LogP contribution in [0.2, 0.25) is 0 Å². The second-order valence-corrected chi connectivity index (χ2v) is 3.34. The smallest absolute Gasteiger partial charge is 0.181 e. The van der Waals surface area contributed by atoms with E-state index in [1.165, 1.54) is 6.92 Å². The minimum atomic E-state index is -0.0283. The molecule has 0 saturated carbocycles. The van der Waals surface area contributed by atoms with Crippen molar-refractivity contribution < 1.29 is 9.32 Å². The monoisotopic (exact) mass is 167 g/mol. The molecule has 0 saturated heterocycles. The highest BCUT2D eigenvalue weighted by Crippen LogP contribution is 2.12. The predicted molar refractivity (Wildman–Crippen MR) is 45.0 cm³/mol. The maximum atomic E-state index is 11.0. The van der Waals surface area contributed by atoms with Gasteiger partial charge in [0.25, 0.3) is 0 Å². The number of hydrogen-bond donors (Lipinski definition) is 0. The van der Waals surface area contributed by atoms with E-state index in [9.17, 15) is 4.79 Å². The van der Waals surface area contributed by atoms with Gasteiger partial charge in [0.2, 0.25) is 0 Å². The Labute approximate surface area is 71.7 Å². The molecule has 0 atom stereocenters. The topological polar surface area (TPSA) is 43.1 Å². The maximum Gasteiger partial charge on any atom is 0.181 e. The van der Waals surface area contributed by atoms with Crippen molar-refractivity contribution in [2.24, 2.45) is 5.92 Å². The van der Waals surface area contributed by atoms with Crippen LogP contribution in [0.1, 0.15) is 36.8 Å². The van der Waals surface area contributed by atoms with Gasteiger partial charge in [-0.05, 0) is 12.3 Å². The largest absolute Gasteiger partial charge is 0.364 e. The van der Waals surface area contributed by atoms with E-state index < -0.39 is 0 Å². The van der Waals surface area contributed by atoms with Gasteiger partial charge in [0.15, 0.2) is 11.5 Å². The molecule has 0 amide bonds. The number of Topliss-reactive ketones (excluding diaryl/α,β-unsaturated/α-hetero) is 1. The average molecular weight is 167 g/mol. The van der Waals surface area contributed by atoms with Gasteiger partial charge in [-0.3, -0.25) is 4.79 Å². The molecule has 0 bridgehead atoms. The van der Waals surface area contributed by atoms with Gasteiger partial charge >= 0.3 is 0 Å². The highest BCUT2D eigenvalue weighted by molar-refractivity contribution is 5.93. The molecule has 0 aromatic carbocycles. The van der Waals surface area contributed by atoms with Crippen molar-refractivity contribution in [2.75, 3.05) is 0 Å². The molecule has 12 heavy (non-hydrogen) atoms. The predicted octanol–water partition coefficient (Wildman–Crippen LogP) is 2.08. The fourth-order valence-corrected chi connectivity index (χ4v) is 1.13. The minimum absolute atomic E-state index is 0.0283. The van der Waals surface area contributed by atoms with Gasteiger partial charge in [-0.15, -0.1) is 0 Å². The zero-order valence-electron chi connectivity index (χ0n) is 7.63. The second kappa shape index (κ2) is 3.52. The molecule has 3 nitrogen and oxygen atoms in total. The highest BCUT2D eigenvalue weighted by atomic mass is 16.5. The number of aromatic nitrogens is 1. The van der Waals surface area contributed by atoms with Crippen LogP contribution in [0.15, 0.2) is 10.8 Å². The molecule has 0 aliphatic carbocycles. The Morgan fingerprint density at radius 3 is 2.83 bits per heavy atom. The summed E-state index contributed by atoms with van der Waals surface area (Å²) in [5, 5.41) is 3.64. The van der Waals surface area contributed by atoms with Crippen LogP contribution in [0.5, 0.6) is 0 Å². The Balaban J connectivity index is 2.84. The quantitative estimate of drug-likeness (QED) is 0.647. The Kier molecular flexibility index (Phi) is 2.63. The number of ketones is 1. The number of hydrogen-bond acceptors (Lipinski definition) is 3. The Bertz CT molecular complexity index is 276. The first-order chi connectivity index (χ1) is 5.61. The third-order valence-corrected chi connectivity index (χ3v) is 1.60. The fraction of sp³-hybridized carbons (Fsp3) is 0.556. The summed E-state index contributed by atoms with van der Waals surface area (Å²) in [7, 11) is 0. The van der Waals surface area contributed by atoms with Crippen molar-refractivity contribution in [1.29, 1.82) is 0 Å². The van der Waals surface area contributed by atoms with Crippen LogP contribution in [0.3, 0.4) is 0 Å². The highest BCUT2D eigenvalue weighted by Gasteiger charge is 2.12. The lowest BCUT2D eigenvalue weighted by Crippen LogP contribution is -2.01. The van der Waals surface area contributed by atoms with Gasteiger partial charge in [-0.25, -0.2) is 0 Å². The molecule has 1 aromatic rings. The fourth-order valence-electron chi connectivity index (χ4n) is 1.13. The molecule has 0 spiro atoms. The molecule has 3 heteroatoms. The number of carbonyl (C=O) groups is 1. The molecule has 0 N–H and O–H groups in total. The van der Waals surface area contributed by atoms with Gasteiger partial charge in [0, 0.05) is 12.5 Å². The van der Waals surface area contributed by atoms with Crippen molar-refractivity contribution in [3.8, 4) is 0 Å². The molecule has 0 unspecified atom stereocenters. The molecule has 0 aliphatic heterocycles. The summed E-state index contributed by atoms with van der Waals surface area (Å²) < 4.78 is 4.74. The average Bonchev–Trinajstić information content (AvgIpc) is 2.33. The molecule has 1 heterocycles. The molecule has 0 radical (unpaired) electrons. The van der Waals surface area contributed by atoms with Gasteiger partial charge in [-0.1, -0.05) is 19.0 Å². The first kappa shape index (κ1) is 8.97. The lowest BCUT2D eigenvalue weighted by molar-refractivity contribution is 0.100. The molecule has 0 aliphatic rings. The van der Waals surface area contributed by atoms with E-state index in [1.807, 2.05) is 0 Å². The van der Waals surface area contributed by atoms with Crippen LogP contribution in [0.4, 0.5) is 0 Å². The van der Waals surface area contributed by atoms with Crippen LogP contribution in [-0.2, 0) is 6.42 Å². The second-order valence-electron chi connectivity index (χ2n) is 3.34. The van der Waals surface area contributed by atoms with Crippen molar-refractivity contribution >= 4 is 5.78 Å². The Morgan fingerprint density at radius 1 is 1.67 bits per heavy atom. The van der Waals surface area contributed by atoms with Crippen molar-refractivity contribution in [1.82, 2.24) is 5.16 Å². The summed E-state index contributed by atoms with van der Waals surface area (Å²) in [5.41, 5.74) is 1.39. The number of rotatable bonds is 3. The number of carbonyl (C=O) groups excluding carboxylic acids is 1. The van der Waals surface area contributed by atoms with Gasteiger partial charge in [0.05, 0.1) is 0 Å². The van der Waals surface area contributed by atoms with Gasteiger partial charge < -0.3 is 4.52 Å². The summed E-state index contributed by atoms with van der Waals surface area (Å²) >= 11 is 0. The van der Waals surface area contributed by atoms with Crippen LogP contribution in [0.25, 0.3) is 0 Å². The lowest BCUT2D eigenvalue weighted by atomic mass is 10.0. The third kappa shape index (κ3) is 1.94. The van der Waals surface area contributed by atoms with E-state index in [4.69, 9.17) is 4.52 Å². The van der Waals surface area contributed by atoms with Crippen molar-refractivity contribution in [2.45, 2.75) is 27.2 Å². The minimum Gasteiger partial charge on any atom is -0.364 e. The number of nitrogens with zero attached hydrogens (tertiary/aromatic N) is 1. The first-order valence-electron chi connectivity index (χ1n) is 4.05. The van der Waals surface area contributed by atoms with Crippen LogP contribution in [0, 0.1) is 5.92 Å². The Morgan fingerprint density at radius 2 is 2.33 bits per heavy atom. The Hall–Kier alpha value is -1.12. The van der Waals surface area contributed by atoms with E-state index >= 15 is 0 Å². The zero-order valence-corrected chi connectivity index (χ0v) is 7.63. The molecule has 66 valence electrons. The molecular weight excluding hydrogens is 154 g/mol. The van der Waals surface area contributed by atoms with Gasteiger partial charge in [0.1, 0.15) is 6.26 Å². The normalized spacial score (nSPS) is 10.7. The first-order valence-corrected chi connectivity index (χ1v) is 4.05. The van der Waals surface area contributed by atoms with E-state index in [2.05, 4.69) is 19.0 Å². The molecule has 1 aromatic heterocycles. The summed E-state index contributed by atoms with van der Waals surface area (Å²) in [4.78, 5) is 11.0. The SMILES string of the molecule is CC(=O)c1nocc1CC(C)C. The van der Waals surface area contributed by atoms with E-state index in [0.717, 1.165) is 12.0 Å². The summed E-state index contributed by atoms with van der Waals surface area (Å²) in [6, 6.07) is 0. The van der Waals surface area contributed by atoms with E-state index in [1.54, 1.807) is 6.26 Å². The summed E-state index contributed by atoms with van der Waals surface area (Å²) in [6.07, 6.45) is 2.40. The summed E-state index contributed by atoms with van der Waals surface area (Å²) in [6.45, 7) is 5.69. The van der Waals surface area contributed by atoms with E-state index in [-0.39, 0.29) is 5.78 Å². The van der Waals surface area contributed by atoms with Crippen molar-refractivity contribution in [3.63, 3.8) is 0 Å². The van der Waals surface area contributed by atoms with Crippen molar-refractivity contribution in [3.05, 3.63) is 17.5 Å². The van der Waals surface area contributed by atoms with Crippen LogP contribution in [-0.4, -0.2) is 10.9 Å². The standard InChI is InChI=1S/C9H13NO2/c1-6(2)4-8-5-12-10-9(8)7(3)11/h5-6H,4H2,1-3H3. The van der Waals surface area contributed by atoms with E-state index in [0.29, 0.717) is 11.6 Å².